The summed E-state index contributed by atoms with van der Waals surface area (Å²) in [6.07, 6.45) is 3.64. The van der Waals surface area contributed by atoms with Crippen molar-refractivity contribution < 1.29 is 29.4 Å². The van der Waals surface area contributed by atoms with Crippen molar-refractivity contribution in [1.29, 1.82) is 0 Å². The number of ether oxygens (including phenoxy) is 2. The van der Waals surface area contributed by atoms with Gasteiger partial charge in [0.15, 0.2) is 11.4 Å². The number of halogens is 2. The molecule has 1 aliphatic heterocycles. The van der Waals surface area contributed by atoms with Crippen molar-refractivity contribution in [2.75, 3.05) is 0 Å². The lowest BCUT2D eigenvalue weighted by Gasteiger charge is -2.36. The fourth-order valence-electron chi connectivity index (χ4n) is 5.58. The Morgan fingerprint density at radius 2 is 1.60 bits per heavy atom. The van der Waals surface area contributed by atoms with Crippen LogP contribution in [0.3, 0.4) is 0 Å². The lowest BCUT2D eigenvalue weighted by atomic mass is 9.97. The second-order valence-corrected chi connectivity index (χ2v) is 12.2. The van der Waals surface area contributed by atoms with Gasteiger partial charge in [0, 0.05) is 31.4 Å². The van der Waals surface area contributed by atoms with Gasteiger partial charge in [0.25, 0.3) is 0 Å². The SMILES string of the molecule is O=C(CCCCCC(=O)NCc1ccccc1-c1ccc([C@H]2O[C@@H](Cn3cnc(Cl)c3Cl)C[C@@H](c3ccc(CO)cc3)O2)cc1)NO. The quantitative estimate of drug-likeness (QED) is 0.0664. The number of hydroxylamine groups is 1. The minimum Gasteiger partial charge on any atom is -0.392 e. The molecule has 10 nitrogen and oxygen atoms in total. The summed E-state index contributed by atoms with van der Waals surface area (Å²) in [5, 5.41) is 21.7. The molecule has 0 saturated carbocycles. The number of aliphatic hydroxyl groups excluding tert-OH is 1. The number of nitrogens with one attached hydrogen (secondary N) is 2. The molecule has 5 rings (SSSR count). The first-order valence-electron chi connectivity index (χ1n) is 15.6. The molecule has 1 aromatic heterocycles. The third-order valence-corrected chi connectivity index (χ3v) is 8.94. The molecule has 0 bridgehead atoms. The lowest BCUT2D eigenvalue weighted by Crippen LogP contribution is -2.32. The van der Waals surface area contributed by atoms with E-state index in [-0.39, 0.29) is 36.3 Å². The number of imidazole rings is 1. The number of unbranched alkanes of at least 4 members (excludes halogenated alkanes) is 2. The topological polar surface area (TPSA) is 135 Å². The predicted octanol–water partition coefficient (Wildman–Crippen LogP) is 6.67. The Morgan fingerprint density at radius 1 is 0.894 bits per heavy atom. The third-order valence-electron chi connectivity index (χ3n) is 8.17. The highest BCUT2D eigenvalue weighted by Gasteiger charge is 2.33. The second-order valence-electron chi connectivity index (χ2n) is 11.5. The van der Waals surface area contributed by atoms with Crippen molar-refractivity contribution >= 4 is 35.0 Å². The summed E-state index contributed by atoms with van der Waals surface area (Å²) in [5.74, 6) is -0.471. The summed E-state index contributed by atoms with van der Waals surface area (Å²) in [7, 11) is 0. The molecule has 0 aliphatic carbocycles. The zero-order valence-corrected chi connectivity index (χ0v) is 27.3. The molecule has 248 valence electrons. The van der Waals surface area contributed by atoms with Crippen molar-refractivity contribution in [3.8, 4) is 11.1 Å². The van der Waals surface area contributed by atoms with Gasteiger partial charge in [-0.2, -0.15) is 0 Å². The summed E-state index contributed by atoms with van der Waals surface area (Å²) >= 11 is 12.5. The van der Waals surface area contributed by atoms with Gasteiger partial charge in [0.2, 0.25) is 11.8 Å². The third kappa shape index (κ3) is 9.41. The van der Waals surface area contributed by atoms with E-state index in [9.17, 15) is 14.7 Å². The molecular weight excluding hydrogens is 643 g/mol. The number of amides is 2. The molecule has 2 heterocycles. The van der Waals surface area contributed by atoms with Crippen LogP contribution in [0.15, 0.2) is 79.1 Å². The standard InChI is InChI=1S/C35H38Cl2N4O6/c36-33-34(37)41(22-39-33)20-28-18-30(25-12-10-23(21-42)11-13-25)47-35(46-28)26-16-14-24(15-17-26)29-7-5-4-6-27(29)19-38-31(43)8-2-1-3-9-32(44)40-45/h4-7,10-17,22,28,30,35,42,45H,1-3,8-9,18-21H2,(H,38,43)(H,40,44)/t28-,30+,35+/m1/s1. The first-order chi connectivity index (χ1) is 22.8. The molecule has 4 N–H and O–H groups in total. The molecule has 4 aromatic rings. The van der Waals surface area contributed by atoms with Crippen molar-refractivity contribution in [2.45, 2.75) is 76.7 Å². The molecule has 47 heavy (non-hydrogen) atoms. The minimum absolute atomic E-state index is 0.0308. The van der Waals surface area contributed by atoms with E-state index in [0.29, 0.717) is 43.9 Å². The van der Waals surface area contributed by atoms with Crippen LogP contribution in [0.2, 0.25) is 10.3 Å². The summed E-state index contributed by atoms with van der Waals surface area (Å²) in [5.41, 5.74) is 7.26. The van der Waals surface area contributed by atoms with E-state index in [1.165, 1.54) is 0 Å². The number of carbonyl (C=O) groups excluding carboxylic acids is 2. The first-order valence-corrected chi connectivity index (χ1v) is 16.3. The van der Waals surface area contributed by atoms with Gasteiger partial charge in [-0.05, 0) is 40.7 Å². The number of aliphatic hydroxyl groups is 1. The Bertz CT molecular complexity index is 1630. The van der Waals surface area contributed by atoms with Crippen LogP contribution in [0.5, 0.6) is 0 Å². The maximum Gasteiger partial charge on any atom is 0.243 e. The Morgan fingerprint density at radius 3 is 2.28 bits per heavy atom. The maximum atomic E-state index is 12.5. The monoisotopic (exact) mass is 680 g/mol. The number of carbonyl (C=O) groups is 2. The molecule has 2 amide bonds. The van der Waals surface area contributed by atoms with E-state index in [1.807, 2.05) is 72.8 Å². The van der Waals surface area contributed by atoms with E-state index >= 15 is 0 Å². The number of aromatic nitrogens is 2. The average molecular weight is 682 g/mol. The van der Waals surface area contributed by atoms with E-state index < -0.39 is 12.2 Å². The van der Waals surface area contributed by atoms with Gasteiger partial charge in [-0.15, -0.1) is 0 Å². The Labute approximate surface area is 283 Å². The van der Waals surface area contributed by atoms with Gasteiger partial charge < -0.3 is 24.5 Å². The summed E-state index contributed by atoms with van der Waals surface area (Å²) in [6.45, 7) is 0.802. The molecule has 1 fully saturated rings. The molecule has 0 unspecified atom stereocenters. The molecule has 1 saturated heterocycles. The van der Waals surface area contributed by atoms with Crippen LogP contribution in [0.4, 0.5) is 0 Å². The fraction of sp³-hybridized carbons (Fsp3) is 0.343. The highest BCUT2D eigenvalue weighted by atomic mass is 35.5. The lowest BCUT2D eigenvalue weighted by molar-refractivity contribution is -0.252. The Kier molecular flexibility index (Phi) is 12.4. The number of hydrogen-bond donors (Lipinski definition) is 4. The summed E-state index contributed by atoms with van der Waals surface area (Å²) < 4.78 is 14.7. The Balaban J connectivity index is 1.25. The summed E-state index contributed by atoms with van der Waals surface area (Å²) in [4.78, 5) is 27.7. The van der Waals surface area contributed by atoms with Crippen LogP contribution >= 0.6 is 23.2 Å². The molecule has 3 aromatic carbocycles. The van der Waals surface area contributed by atoms with E-state index in [1.54, 1.807) is 16.4 Å². The second kappa shape index (κ2) is 16.9. The molecule has 12 heteroatoms. The predicted molar refractivity (Wildman–Crippen MR) is 177 cm³/mol. The number of rotatable bonds is 14. The zero-order valence-electron chi connectivity index (χ0n) is 25.8. The number of hydrogen-bond acceptors (Lipinski definition) is 7. The fourth-order valence-corrected chi connectivity index (χ4v) is 5.90. The molecule has 0 spiro atoms. The van der Waals surface area contributed by atoms with Crippen LogP contribution in [0, 0.1) is 0 Å². The van der Waals surface area contributed by atoms with Gasteiger partial charge in [-0.1, -0.05) is 102 Å². The zero-order chi connectivity index (χ0) is 33.2. The minimum atomic E-state index is -0.643. The van der Waals surface area contributed by atoms with Crippen LogP contribution in [0.1, 0.15) is 73.2 Å². The molecule has 0 radical (unpaired) electrons. The smallest absolute Gasteiger partial charge is 0.243 e. The maximum absolute atomic E-state index is 12.5. The van der Waals surface area contributed by atoms with Crippen LogP contribution < -0.4 is 10.8 Å². The molecule has 3 atom stereocenters. The largest absolute Gasteiger partial charge is 0.392 e. The number of benzene rings is 3. The van der Waals surface area contributed by atoms with Gasteiger partial charge in [-0.3, -0.25) is 14.8 Å². The normalized spacial score (nSPS) is 17.7. The van der Waals surface area contributed by atoms with Gasteiger partial charge in [0.1, 0.15) is 5.15 Å². The van der Waals surface area contributed by atoms with Crippen molar-refractivity contribution in [3.63, 3.8) is 0 Å². The van der Waals surface area contributed by atoms with Crippen LogP contribution in [-0.4, -0.2) is 37.8 Å². The average Bonchev–Trinajstić information content (AvgIpc) is 3.42. The highest BCUT2D eigenvalue weighted by molar-refractivity contribution is 6.40. The van der Waals surface area contributed by atoms with Crippen molar-refractivity contribution in [1.82, 2.24) is 20.3 Å². The van der Waals surface area contributed by atoms with Crippen molar-refractivity contribution in [3.05, 3.63) is 112 Å². The Hall–Kier alpha value is -3.77. The van der Waals surface area contributed by atoms with Gasteiger partial charge in [0.05, 0.1) is 31.7 Å². The van der Waals surface area contributed by atoms with E-state index in [0.717, 1.165) is 39.8 Å². The van der Waals surface area contributed by atoms with E-state index in [4.69, 9.17) is 37.9 Å². The van der Waals surface area contributed by atoms with Gasteiger partial charge in [-0.25, -0.2) is 10.5 Å². The van der Waals surface area contributed by atoms with Crippen LogP contribution in [0.25, 0.3) is 11.1 Å². The number of nitrogens with zero attached hydrogens (tertiary/aromatic N) is 2. The van der Waals surface area contributed by atoms with Gasteiger partial charge >= 0.3 is 0 Å². The van der Waals surface area contributed by atoms with E-state index in [2.05, 4.69) is 10.3 Å². The first kappa shape index (κ1) is 34.6. The molecular formula is C35H38Cl2N4O6. The molecule has 1 aliphatic rings. The summed E-state index contributed by atoms with van der Waals surface area (Å²) in [6, 6.07) is 23.7. The highest BCUT2D eigenvalue weighted by Crippen LogP contribution is 2.39. The van der Waals surface area contributed by atoms with Crippen LogP contribution in [-0.2, 0) is 38.8 Å². The van der Waals surface area contributed by atoms with Crippen molar-refractivity contribution in [2.24, 2.45) is 0 Å².